The number of aryl methyl sites for hydroxylation is 1. The molecule has 0 aromatic carbocycles. The summed E-state index contributed by atoms with van der Waals surface area (Å²) in [6.45, 7) is 5.56. The van der Waals surface area contributed by atoms with Crippen molar-refractivity contribution in [2.75, 3.05) is 6.54 Å². The predicted octanol–water partition coefficient (Wildman–Crippen LogP) is 0.827. The first kappa shape index (κ1) is 10.2. The lowest BCUT2D eigenvalue weighted by molar-refractivity contribution is 0.555. The molecule has 1 atom stereocenters. The van der Waals surface area contributed by atoms with Gasteiger partial charge in [0.25, 0.3) is 0 Å². The van der Waals surface area contributed by atoms with Crippen molar-refractivity contribution in [2.24, 2.45) is 5.73 Å². The van der Waals surface area contributed by atoms with Crippen molar-refractivity contribution in [1.29, 1.82) is 0 Å². The Kier molecular flexibility index (Phi) is 3.86. The van der Waals surface area contributed by atoms with Crippen molar-refractivity contribution in [3.05, 3.63) is 29.6 Å². The molecule has 0 saturated carbocycles. The minimum absolute atomic E-state index is 0.362. The lowest BCUT2D eigenvalue weighted by Crippen LogP contribution is -2.32. The van der Waals surface area contributed by atoms with Crippen LogP contribution in [-0.4, -0.2) is 17.6 Å². The Morgan fingerprint density at radius 2 is 2.31 bits per heavy atom. The zero-order valence-electron chi connectivity index (χ0n) is 8.25. The van der Waals surface area contributed by atoms with Crippen molar-refractivity contribution in [2.45, 2.75) is 26.4 Å². The number of hydrogen-bond acceptors (Lipinski definition) is 3. The molecule has 0 radical (unpaired) electrons. The normalized spacial score (nSPS) is 12.8. The summed E-state index contributed by atoms with van der Waals surface area (Å²) in [6, 6.07) is 4.46. The van der Waals surface area contributed by atoms with Crippen LogP contribution < -0.4 is 11.1 Å². The highest BCUT2D eigenvalue weighted by atomic mass is 14.9. The van der Waals surface area contributed by atoms with Crippen LogP contribution in [0.25, 0.3) is 0 Å². The highest BCUT2D eigenvalue weighted by molar-refractivity contribution is 5.12. The second kappa shape index (κ2) is 4.94. The van der Waals surface area contributed by atoms with E-state index in [2.05, 4.69) is 23.3 Å². The summed E-state index contributed by atoms with van der Waals surface area (Å²) in [7, 11) is 0. The molecule has 3 nitrogen and oxygen atoms in total. The molecular weight excluding hydrogens is 162 g/mol. The van der Waals surface area contributed by atoms with Crippen molar-refractivity contribution in [1.82, 2.24) is 10.3 Å². The Balaban J connectivity index is 2.41. The first-order valence-electron chi connectivity index (χ1n) is 4.57. The second-order valence-electron chi connectivity index (χ2n) is 3.33. The molecule has 0 aliphatic rings. The molecule has 0 saturated heterocycles. The molecule has 1 unspecified atom stereocenters. The van der Waals surface area contributed by atoms with Gasteiger partial charge in [0.2, 0.25) is 0 Å². The monoisotopic (exact) mass is 179 g/mol. The van der Waals surface area contributed by atoms with Gasteiger partial charge in [-0.3, -0.25) is 4.98 Å². The summed E-state index contributed by atoms with van der Waals surface area (Å²) >= 11 is 0. The molecule has 0 aliphatic heterocycles. The molecule has 1 aromatic rings. The maximum atomic E-state index is 5.48. The Bertz CT molecular complexity index is 243. The summed E-state index contributed by atoms with van der Waals surface area (Å²) in [6.07, 6.45) is 1.89. The lowest BCUT2D eigenvalue weighted by Gasteiger charge is -2.10. The SMILES string of the molecule is Cc1ccc(CNC(C)CN)cn1. The number of pyridine rings is 1. The van der Waals surface area contributed by atoms with E-state index >= 15 is 0 Å². The fourth-order valence-corrected chi connectivity index (χ4v) is 0.978. The fourth-order valence-electron chi connectivity index (χ4n) is 0.978. The third-order valence-corrected chi connectivity index (χ3v) is 1.98. The predicted molar refractivity (Wildman–Crippen MR) is 54.3 cm³/mol. The summed E-state index contributed by atoms with van der Waals surface area (Å²) in [5.74, 6) is 0. The topological polar surface area (TPSA) is 50.9 Å². The summed E-state index contributed by atoms with van der Waals surface area (Å²) in [5.41, 5.74) is 7.73. The highest BCUT2D eigenvalue weighted by Crippen LogP contribution is 1.98. The molecule has 72 valence electrons. The van der Waals surface area contributed by atoms with E-state index in [-0.39, 0.29) is 0 Å². The third-order valence-electron chi connectivity index (χ3n) is 1.98. The van der Waals surface area contributed by atoms with Gasteiger partial charge in [-0.05, 0) is 25.5 Å². The van der Waals surface area contributed by atoms with Crippen molar-refractivity contribution < 1.29 is 0 Å². The number of nitrogens with one attached hydrogen (secondary N) is 1. The highest BCUT2D eigenvalue weighted by Gasteiger charge is 1.97. The van der Waals surface area contributed by atoms with E-state index in [0.29, 0.717) is 12.6 Å². The van der Waals surface area contributed by atoms with Gasteiger partial charge in [0.05, 0.1) is 0 Å². The number of rotatable bonds is 4. The lowest BCUT2D eigenvalue weighted by atomic mass is 10.2. The molecular formula is C10H17N3. The van der Waals surface area contributed by atoms with Crippen LogP contribution in [0.1, 0.15) is 18.2 Å². The van der Waals surface area contributed by atoms with Crippen LogP contribution in [0.5, 0.6) is 0 Å². The van der Waals surface area contributed by atoms with Crippen LogP contribution in [0.4, 0.5) is 0 Å². The summed E-state index contributed by atoms with van der Waals surface area (Å²) in [5, 5.41) is 3.30. The summed E-state index contributed by atoms with van der Waals surface area (Å²) in [4.78, 5) is 4.21. The Labute approximate surface area is 79.4 Å². The molecule has 0 fully saturated rings. The Morgan fingerprint density at radius 3 is 2.85 bits per heavy atom. The maximum absolute atomic E-state index is 5.48. The Morgan fingerprint density at radius 1 is 1.54 bits per heavy atom. The molecule has 1 aromatic heterocycles. The fraction of sp³-hybridized carbons (Fsp3) is 0.500. The zero-order valence-corrected chi connectivity index (χ0v) is 8.25. The van der Waals surface area contributed by atoms with Crippen LogP contribution in [-0.2, 0) is 6.54 Å². The zero-order chi connectivity index (χ0) is 9.68. The van der Waals surface area contributed by atoms with Gasteiger partial charge >= 0.3 is 0 Å². The Hall–Kier alpha value is -0.930. The van der Waals surface area contributed by atoms with Crippen molar-refractivity contribution >= 4 is 0 Å². The van der Waals surface area contributed by atoms with Crippen LogP contribution >= 0.6 is 0 Å². The van der Waals surface area contributed by atoms with Gasteiger partial charge in [-0.15, -0.1) is 0 Å². The second-order valence-corrected chi connectivity index (χ2v) is 3.33. The van der Waals surface area contributed by atoms with E-state index in [9.17, 15) is 0 Å². The van der Waals surface area contributed by atoms with Gasteiger partial charge in [0.1, 0.15) is 0 Å². The van der Waals surface area contributed by atoms with Gasteiger partial charge in [0, 0.05) is 31.0 Å². The van der Waals surface area contributed by atoms with Crippen molar-refractivity contribution in [3.8, 4) is 0 Å². The van der Waals surface area contributed by atoms with E-state index in [1.165, 1.54) is 5.56 Å². The number of nitrogens with two attached hydrogens (primary N) is 1. The quantitative estimate of drug-likeness (QED) is 0.719. The summed E-state index contributed by atoms with van der Waals surface area (Å²) < 4.78 is 0. The molecule has 3 N–H and O–H groups in total. The smallest absolute Gasteiger partial charge is 0.0372 e. The van der Waals surface area contributed by atoms with Gasteiger partial charge in [0.15, 0.2) is 0 Å². The van der Waals surface area contributed by atoms with Gasteiger partial charge in [-0.25, -0.2) is 0 Å². The van der Waals surface area contributed by atoms with E-state index in [4.69, 9.17) is 5.73 Å². The van der Waals surface area contributed by atoms with Crippen LogP contribution in [0, 0.1) is 6.92 Å². The number of hydrogen-bond donors (Lipinski definition) is 2. The first-order chi connectivity index (χ1) is 6.22. The van der Waals surface area contributed by atoms with E-state index in [1.807, 2.05) is 19.2 Å². The van der Waals surface area contributed by atoms with E-state index in [0.717, 1.165) is 12.2 Å². The molecule has 13 heavy (non-hydrogen) atoms. The molecule has 0 bridgehead atoms. The molecule has 0 spiro atoms. The minimum Gasteiger partial charge on any atom is -0.329 e. The van der Waals surface area contributed by atoms with Crippen LogP contribution in [0.2, 0.25) is 0 Å². The molecule has 0 aliphatic carbocycles. The third kappa shape index (κ3) is 3.53. The molecule has 1 heterocycles. The van der Waals surface area contributed by atoms with Gasteiger partial charge in [-0.2, -0.15) is 0 Å². The van der Waals surface area contributed by atoms with Crippen LogP contribution in [0.3, 0.4) is 0 Å². The average molecular weight is 179 g/mol. The first-order valence-corrected chi connectivity index (χ1v) is 4.57. The minimum atomic E-state index is 0.362. The largest absolute Gasteiger partial charge is 0.329 e. The number of aromatic nitrogens is 1. The maximum Gasteiger partial charge on any atom is 0.0372 e. The van der Waals surface area contributed by atoms with Gasteiger partial charge < -0.3 is 11.1 Å². The van der Waals surface area contributed by atoms with Crippen LogP contribution in [0.15, 0.2) is 18.3 Å². The molecule has 3 heteroatoms. The van der Waals surface area contributed by atoms with E-state index < -0.39 is 0 Å². The van der Waals surface area contributed by atoms with Gasteiger partial charge in [-0.1, -0.05) is 6.07 Å². The van der Waals surface area contributed by atoms with E-state index in [1.54, 1.807) is 0 Å². The molecule has 1 rings (SSSR count). The number of nitrogens with zero attached hydrogens (tertiary/aromatic N) is 1. The average Bonchev–Trinajstić information content (AvgIpc) is 2.16. The molecule has 0 amide bonds. The standard InChI is InChI=1S/C10H17N3/c1-8-3-4-10(6-12-8)7-13-9(2)5-11/h3-4,6,9,13H,5,7,11H2,1-2H3. The van der Waals surface area contributed by atoms with Crippen molar-refractivity contribution in [3.63, 3.8) is 0 Å².